The molecule has 1 heterocycles. The van der Waals surface area contributed by atoms with Crippen molar-refractivity contribution in [1.29, 1.82) is 0 Å². The van der Waals surface area contributed by atoms with E-state index in [0.717, 1.165) is 6.07 Å². The Morgan fingerprint density at radius 2 is 2.04 bits per heavy atom. The Morgan fingerprint density at radius 1 is 1.32 bits per heavy atom. The third-order valence-electron chi connectivity index (χ3n) is 3.27. The van der Waals surface area contributed by atoms with Gasteiger partial charge < -0.3 is 14.6 Å². The van der Waals surface area contributed by atoms with E-state index in [1.165, 1.54) is 24.3 Å². The minimum absolute atomic E-state index is 0.00932. The fourth-order valence-electron chi connectivity index (χ4n) is 2.04. The number of nitrogens with one attached hydrogen (secondary N) is 1. The molecule has 1 amide bonds. The molecule has 9 heteroatoms. The van der Waals surface area contributed by atoms with Crippen LogP contribution in [-0.4, -0.2) is 28.1 Å². The second kappa shape index (κ2) is 7.56. The number of non-ortho nitro benzene ring substituents is 1. The Morgan fingerprint density at radius 3 is 2.60 bits per heavy atom. The SMILES string of the molecule is Cc1cc(NC(=O)[C@H](OC(=O)c2cccc([N+](=O)[O-])c2)C(C)C)no1. The number of aromatic nitrogens is 1. The average molecular weight is 347 g/mol. The monoisotopic (exact) mass is 347 g/mol. The lowest BCUT2D eigenvalue weighted by Crippen LogP contribution is -2.36. The molecule has 0 unspecified atom stereocenters. The fraction of sp³-hybridized carbons (Fsp3) is 0.312. The number of benzene rings is 1. The predicted molar refractivity (Wildman–Crippen MR) is 87.0 cm³/mol. The van der Waals surface area contributed by atoms with Crippen molar-refractivity contribution in [3.63, 3.8) is 0 Å². The number of ether oxygens (including phenoxy) is 1. The number of hydrogen-bond acceptors (Lipinski definition) is 7. The van der Waals surface area contributed by atoms with E-state index in [1.54, 1.807) is 20.8 Å². The summed E-state index contributed by atoms with van der Waals surface area (Å²) in [5.41, 5.74) is -0.247. The van der Waals surface area contributed by atoms with Crippen LogP contribution in [0.5, 0.6) is 0 Å². The second-order valence-corrected chi connectivity index (χ2v) is 5.69. The van der Waals surface area contributed by atoms with Gasteiger partial charge in [0.1, 0.15) is 5.76 Å². The van der Waals surface area contributed by atoms with E-state index in [2.05, 4.69) is 10.5 Å². The summed E-state index contributed by atoms with van der Waals surface area (Å²) < 4.78 is 10.1. The van der Waals surface area contributed by atoms with Gasteiger partial charge in [0, 0.05) is 18.2 Å². The molecule has 132 valence electrons. The first kappa shape index (κ1) is 18.1. The maximum absolute atomic E-state index is 12.3. The van der Waals surface area contributed by atoms with E-state index in [1.807, 2.05) is 0 Å². The number of esters is 1. The molecule has 9 nitrogen and oxygen atoms in total. The normalized spacial score (nSPS) is 11.8. The Balaban J connectivity index is 2.12. The molecule has 0 aliphatic rings. The van der Waals surface area contributed by atoms with Crippen LogP contribution < -0.4 is 5.32 Å². The predicted octanol–water partition coefficient (Wildman–Crippen LogP) is 2.71. The summed E-state index contributed by atoms with van der Waals surface area (Å²) in [6.07, 6.45) is -1.09. The zero-order chi connectivity index (χ0) is 18.6. The topological polar surface area (TPSA) is 125 Å². The van der Waals surface area contributed by atoms with Crippen molar-refractivity contribution < 1.29 is 23.8 Å². The number of aryl methyl sites for hydroxylation is 1. The smallest absolute Gasteiger partial charge is 0.339 e. The number of nitro benzene ring substituents is 1. The van der Waals surface area contributed by atoms with E-state index in [-0.39, 0.29) is 23.0 Å². The van der Waals surface area contributed by atoms with Crippen molar-refractivity contribution in [2.45, 2.75) is 26.9 Å². The average Bonchev–Trinajstić information content (AvgIpc) is 2.96. The summed E-state index contributed by atoms with van der Waals surface area (Å²) >= 11 is 0. The van der Waals surface area contributed by atoms with Crippen LogP contribution in [0.2, 0.25) is 0 Å². The van der Waals surface area contributed by atoms with Crippen LogP contribution in [0.3, 0.4) is 0 Å². The fourth-order valence-corrected chi connectivity index (χ4v) is 2.04. The molecule has 0 aliphatic carbocycles. The van der Waals surface area contributed by atoms with Gasteiger partial charge in [-0.1, -0.05) is 25.1 Å². The van der Waals surface area contributed by atoms with Crippen molar-refractivity contribution in [2.24, 2.45) is 5.92 Å². The molecule has 1 aromatic carbocycles. The minimum Gasteiger partial charge on any atom is -0.448 e. The summed E-state index contributed by atoms with van der Waals surface area (Å²) in [5.74, 6) is -0.990. The van der Waals surface area contributed by atoms with Gasteiger partial charge in [-0.25, -0.2) is 4.79 Å². The van der Waals surface area contributed by atoms with Gasteiger partial charge in [0.25, 0.3) is 11.6 Å². The van der Waals surface area contributed by atoms with Gasteiger partial charge in [0.15, 0.2) is 11.9 Å². The third-order valence-corrected chi connectivity index (χ3v) is 3.27. The number of hydrogen-bond donors (Lipinski definition) is 1. The van der Waals surface area contributed by atoms with E-state index in [4.69, 9.17) is 9.26 Å². The van der Waals surface area contributed by atoms with Gasteiger partial charge >= 0.3 is 5.97 Å². The molecule has 25 heavy (non-hydrogen) atoms. The highest BCUT2D eigenvalue weighted by molar-refractivity contribution is 5.97. The zero-order valence-corrected chi connectivity index (χ0v) is 13.9. The number of rotatable bonds is 6. The number of anilines is 1. The van der Waals surface area contributed by atoms with Crippen LogP contribution in [0, 0.1) is 23.0 Å². The zero-order valence-electron chi connectivity index (χ0n) is 13.9. The molecule has 2 rings (SSSR count). The van der Waals surface area contributed by atoms with Crippen molar-refractivity contribution in [1.82, 2.24) is 5.16 Å². The van der Waals surface area contributed by atoms with Crippen LogP contribution in [0.25, 0.3) is 0 Å². The lowest BCUT2D eigenvalue weighted by atomic mass is 10.1. The Hall–Kier alpha value is -3.23. The van der Waals surface area contributed by atoms with Crippen LogP contribution in [0.15, 0.2) is 34.9 Å². The lowest BCUT2D eigenvalue weighted by Gasteiger charge is -2.20. The first-order valence-corrected chi connectivity index (χ1v) is 7.47. The highest BCUT2D eigenvalue weighted by Crippen LogP contribution is 2.17. The van der Waals surface area contributed by atoms with Crippen molar-refractivity contribution >= 4 is 23.4 Å². The Kier molecular flexibility index (Phi) is 5.48. The molecule has 1 atom stereocenters. The Bertz CT molecular complexity index is 799. The first-order chi connectivity index (χ1) is 11.8. The molecule has 0 fully saturated rings. The van der Waals surface area contributed by atoms with Crippen LogP contribution >= 0.6 is 0 Å². The molecule has 2 aromatic rings. The van der Waals surface area contributed by atoms with Gasteiger partial charge in [0.05, 0.1) is 10.5 Å². The highest BCUT2D eigenvalue weighted by Gasteiger charge is 2.28. The van der Waals surface area contributed by atoms with Crippen molar-refractivity contribution in [3.8, 4) is 0 Å². The van der Waals surface area contributed by atoms with Gasteiger partial charge in [-0.2, -0.15) is 0 Å². The van der Waals surface area contributed by atoms with Crippen LogP contribution in [0.1, 0.15) is 30.0 Å². The molecule has 0 radical (unpaired) electrons. The van der Waals surface area contributed by atoms with E-state index < -0.39 is 22.9 Å². The lowest BCUT2D eigenvalue weighted by molar-refractivity contribution is -0.384. The van der Waals surface area contributed by atoms with Crippen molar-refractivity contribution in [2.75, 3.05) is 5.32 Å². The summed E-state index contributed by atoms with van der Waals surface area (Å²) in [5, 5.41) is 16.9. The standard InChI is InChI=1S/C16H17N3O6/c1-9(2)14(15(20)17-13-7-10(3)25-18-13)24-16(21)11-5-4-6-12(8-11)19(22)23/h4-9,14H,1-3H3,(H,17,18,20)/t14-/m1/s1. The maximum Gasteiger partial charge on any atom is 0.339 e. The summed E-state index contributed by atoms with van der Waals surface area (Å²) in [7, 11) is 0. The van der Waals surface area contributed by atoms with Crippen molar-refractivity contribution in [3.05, 3.63) is 51.8 Å². The summed E-state index contributed by atoms with van der Waals surface area (Å²) in [4.78, 5) is 34.7. The van der Waals surface area contributed by atoms with Gasteiger partial charge in [-0.3, -0.25) is 14.9 Å². The molecule has 0 bridgehead atoms. The quantitative estimate of drug-likeness (QED) is 0.484. The number of carbonyl (C=O) groups is 2. The number of amides is 1. The molecular formula is C16H17N3O6. The largest absolute Gasteiger partial charge is 0.448 e. The number of carbonyl (C=O) groups excluding carboxylic acids is 2. The molecule has 1 N–H and O–H groups in total. The van der Waals surface area contributed by atoms with Gasteiger partial charge in [0.2, 0.25) is 0 Å². The third kappa shape index (κ3) is 4.63. The van der Waals surface area contributed by atoms with E-state index >= 15 is 0 Å². The number of nitrogens with zero attached hydrogens (tertiary/aromatic N) is 2. The van der Waals surface area contributed by atoms with Crippen LogP contribution in [0.4, 0.5) is 11.5 Å². The molecule has 1 aromatic heterocycles. The Labute approximate surface area is 143 Å². The summed E-state index contributed by atoms with van der Waals surface area (Å²) in [6, 6.07) is 6.63. The maximum atomic E-state index is 12.3. The van der Waals surface area contributed by atoms with Gasteiger partial charge in [-0.05, 0) is 18.9 Å². The van der Waals surface area contributed by atoms with Gasteiger partial charge in [-0.15, -0.1) is 0 Å². The molecule has 0 saturated carbocycles. The molecule has 0 spiro atoms. The second-order valence-electron chi connectivity index (χ2n) is 5.69. The van der Waals surface area contributed by atoms with E-state index in [0.29, 0.717) is 5.76 Å². The molecule has 0 saturated heterocycles. The minimum atomic E-state index is -1.09. The molecular weight excluding hydrogens is 330 g/mol. The highest BCUT2D eigenvalue weighted by atomic mass is 16.6. The van der Waals surface area contributed by atoms with Crippen LogP contribution in [-0.2, 0) is 9.53 Å². The number of nitro groups is 1. The summed E-state index contributed by atoms with van der Waals surface area (Å²) in [6.45, 7) is 5.09. The molecule has 0 aliphatic heterocycles. The first-order valence-electron chi connectivity index (χ1n) is 7.47. The van der Waals surface area contributed by atoms with E-state index in [9.17, 15) is 19.7 Å².